The fourth-order valence-electron chi connectivity index (χ4n) is 2.10. The van der Waals surface area contributed by atoms with Gasteiger partial charge in [0.15, 0.2) is 6.10 Å². The fraction of sp³-hybridized carbons (Fsp3) is 0.211. The summed E-state index contributed by atoms with van der Waals surface area (Å²) in [7, 11) is 0. The van der Waals surface area contributed by atoms with Gasteiger partial charge in [-0.1, -0.05) is 35.9 Å². The van der Waals surface area contributed by atoms with Crippen molar-refractivity contribution in [2.45, 2.75) is 20.0 Å². The molecule has 0 saturated heterocycles. The average Bonchev–Trinajstić information content (AvgIpc) is 2.60. The van der Waals surface area contributed by atoms with Gasteiger partial charge in [0, 0.05) is 11.3 Å². The van der Waals surface area contributed by atoms with Crippen LogP contribution in [0.15, 0.2) is 54.6 Å². The van der Waals surface area contributed by atoms with Crippen LogP contribution in [0.2, 0.25) is 0 Å². The number of nitrogens with one attached hydrogen (secondary N) is 2. The molecule has 130 valence electrons. The fourth-order valence-corrected chi connectivity index (χ4v) is 2.10. The molecule has 2 N–H and O–H groups in total. The topological polar surface area (TPSA) is 84.5 Å². The molecule has 0 aliphatic rings. The molecule has 1 atom stereocenters. The molecule has 0 heterocycles. The van der Waals surface area contributed by atoms with Crippen molar-refractivity contribution < 1.29 is 19.1 Å². The van der Waals surface area contributed by atoms with Crippen molar-refractivity contribution in [3.63, 3.8) is 0 Å². The molecule has 0 bridgehead atoms. The number of aryl methyl sites for hydroxylation is 1. The van der Waals surface area contributed by atoms with Gasteiger partial charge in [-0.3, -0.25) is 14.4 Å². The molecule has 2 amide bonds. The Morgan fingerprint density at radius 1 is 1.04 bits per heavy atom. The van der Waals surface area contributed by atoms with Crippen molar-refractivity contribution in [2.75, 3.05) is 11.9 Å². The maximum absolute atomic E-state index is 12.0. The van der Waals surface area contributed by atoms with Crippen LogP contribution in [0.4, 0.5) is 5.69 Å². The molecular formula is C19H20N2O4. The summed E-state index contributed by atoms with van der Waals surface area (Å²) in [5, 5.41) is 5.12. The first-order chi connectivity index (χ1) is 12.0. The predicted octanol–water partition coefficient (Wildman–Crippen LogP) is 2.30. The van der Waals surface area contributed by atoms with E-state index in [1.807, 2.05) is 19.1 Å². The summed E-state index contributed by atoms with van der Waals surface area (Å²) in [5.74, 6) is -1.50. The molecular weight excluding hydrogens is 320 g/mol. The van der Waals surface area contributed by atoms with Gasteiger partial charge in [0.1, 0.15) is 6.54 Å². The van der Waals surface area contributed by atoms with Gasteiger partial charge >= 0.3 is 5.97 Å². The molecule has 6 nitrogen and oxygen atoms in total. The zero-order valence-corrected chi connectivity index (χ0v) is 14.1. The molecule has 0 saturated carbocycles. The highest BCUT2D eigenvalue weighted by Gasteiger charge is 2.18. The van der Waals surface area contributed by atoms with Crippen molar-refractivity contribution in [1.82, 2.24) is 5.32 Å². The van der Waals surface area contributed by atoms with Crippen LogP contribution in [0.5, 0.6) is 0 Å². The van der Waals surface area contributed by atoms with Gasteiger partial charge in [-0.05, 0) is 38.1 Å². The standard InChI is InChI=1S/C19H20N2O4/c1-13-7-6-8-15(11-13)19(24)20-12-17(22)25-14(2)18(23)21-16-9-4-3-5-10-16/h3-11,14H,12H2,1-2H3,(H,20,24)(H,21,23)/t14-/m1/s1. The molecule has 2 rings (SSSR count). The third-order valence-electron chi connectivity index (χ3n) is 3.39. The highest BCUT2D eigenvalue weighted by molar-refractivity contribution is 5.97. The van der Waals surface area contributed by atoms with Crippen LogP contribution >= 0.6 is 0 Å². The maximum Gasteiger partial charge on any atom is 0.326 e. The van der Waals surface area contributed by atoms with Crippen LogP contribution in [-0.4, -0.2) is 30.4 Å². The Bertz CT molecular complexity index is 759. The molecule has 0 unspecified atom stereocenters. The zero-order valence-electron chi connectivity index (χ0n) is 14.1. The number of para-hydroxylation sites is 1. The Balaban J connectivity index is 1.79. The zero-order chi connectivity index (χ0) is 18.2. The van der Waals surface area contributed by atoms with E-state index in [0.29, 0.717) is 11.3 Å². The quantitative estimate of drug-likeness (QED) is 0.790. The summed E-state index contributed by atoms with van der Waals surface area (Å²) in [5.41, 5.74) is 2.02. The van der Waals surface area contributed by atoms with Crippen LogP contribution in [0, 0.1) is 6.92 Å². The highest BCUT2D eigenvalue weighted by Crippen LogP contribution is 2.07. The monoisotopic (exact) mass is 340 g/mol. The molecule has 0 fully saturated rings. The Morgan fingerprint density at radius 3 is 2.44 bits per heavy atom. The van der Waals surface area contributed by atoms with E-state index < -0.39 is 18.0 Å². The van der Waals surface area contributed by atoms with E-state index >= 15 is 0 Å². The third kappa shape index (κ3) is 5.76. The second-order valence-electron chi connectivity index (χ2n) is 5.54. The van der Waals surface area contributed by atoms with E-state index in [4.69, 9.17) is 4.74 Å². The van der Waals surface area contributed by atoms with Crippen LogP contribution in [0.1, 0.15) is 22.8 Å². The lowest BCUT2D eigenvalue weighted by Gasteiger charge is -2.14. The lowest BCUT2D eigenvalue weighted by molar-refractivity contribution is -0.152. The summed E-state index contributed by atoms with van der Waals surface area (Å²) in [4.78, 5) is 35.7. The number of amides is 2. The number of hydrogen-bond acceptors (Lipinski definition) is 4. The third-order valence-corrected chi connectivity index (χ3v) is 3.39. The number of anilines is 1. The second kappa shape index (κ2) is 8.63. The van der Waals surface area contributed by atoms with Crippen molar-refractivity contribution in [3.8, 4) is 0 Å². The number of ether oxygens (including phenoxy) is 1. The number of rotatable bonds is 6. The van der Waals surface area contributed by atoms with E-state index in [9.17, 15) is 14.4 Å². The molecule has 6 heteroatoms. The highest BCUT2D eigenvalue weighted by atomic mass is 16.5. The summed E-state index contributed by atoms with van der Waals surface area (Å²) in [6, 6.07) is 15.9. The minimum absolute atomic E-state index is 0.310. The smallest absolute Gasteiger partial charge is 0.326 e. The average molecular weight is 340 g/mol. The Hall–Kier alpha value is -3.15. The minimum atomic E-state index is -0.969. The van der Waals surface area contributed by atoms with Crippen LogP contribution in [0.3, 0.4) is 0 Å². The van der Waals surface area contributed by atoms with Crippen molar-refractivity contribution >= 4 is 23.5 Å². The van der Waals surface area contributed by atoms with E-state index in [1.165, 1.54) is 6.92 Å². The van der Waals surface area contributed by atoms with Crippen LogP contribution < -0.4 is 10.6 Å². The molecule has 0 radical (unpaired) electrons. The number of hydrogen-bond donors (Lipinski definition) is 2. The summed E-state index contributed by atoms with van der Waals surface area (Å²) >= 11 is 0. The van der Waals surface area contributed by atoms with Gasteiger partial charge in [-0.2, -0.15) is 0 Å². The van der Waals surface area contributed by atoms with E-state index in [0.717, 1.165) is 5.56 Å². The second-order valence-corrected chi connectivity index (χ2v) is 5.54. The van der Waals surface area contributed by atoms with Crippen LogP contribution in [-0.2, 0) is 14.3 Å². The lowest BCUT2D eigenvalue weighted by Crippen LogP contribution is -2.35. The Labute approximate surface area is 146 Å². The van der Waals surface area contributed by atoms with Crippen molar-refractivity contribution in [2.24, 2.45) is 0 Å². The van der Waals surface area contributed by atoms with Gasteiger partial charge < -0.3 is 15.4 Å². The van der Waals surface area contributed by atoms with E-state index in [2.05, 4.69) is 10.6 Å². The minimum Gasteiger partial charge on any atom is -0.451 e. The molecule has 0 aliphatic carbocycles. The van der Waals surface area contributed by atoms with Crippen molar-refractivity contribution in [1.29, 1.82) is 0 Å². The number of benzene rings is 2. The van der Waals surface area contributed by atoms with Gasteiger partial charge in [-0.15, -0.1) is 0 Å². The Kier molecular flexibility index (Phi) is 6.28. The SMILES string of the molecule is Cc1cccc(C(=O)NCC(=O)O[C@H](C)C(=O)Nc2ccccc2)c1. The van der Waals surface area contributed by atoms with Crippen molar-refractivity contribution in [3.05, 3.63) is 65.7 Å². The first kappa shape index (κ1) is 18.2. The van der Waals surface area contributed by atoms with Gasteiger partial charge in [0.05, 0.1) is 0 Å². The molecule has 2 aromatic rings. The molecule has 25 heavy (non-hydrogen) atoms. The summed E-state index contributed by atoms with van der Waals surface area (Å²) in [6.45, 7) is 3.03. The normalized spacial score (nSPS) is 11.3. The van der Waals surface area contributed by atoms with E-state index in [1.54, 1.807) is 42.5 Å². The first-order valence-electron chi connectivity index (χ1n) is 7.86. The molecule has 2 aromatic carbocycles. The maximum atomic E-state index is 12.0. The molecule has 0 aromatic heterocycles. The predicted molar refractivity (Wildman–Crippen MR) is 94.1 cm³/mol. The number of carbonyl (C=O) groups is 3. The van der Waals surface area contributed by atoms with Gasteiger partial charge in [-0.25, -0.2) is 0 Å². The lowest BCUT2D eigenvalue weighted by atomic mass is 10.1. The van der Waals surface area contributed by atoms with Gasteiger partial charge in [0.25, 0.3) is 11.8 Å². The first-order valence-corrected chi connectivity index (χ1v) is 7.86. The number of carbonyl (C=O) groups excluding carboxylic acids is 3. The summed E-state index contributed by atoms with van der Waals surface area (Å²) in [6.07, 6.45) is -0.969. The molecule has 0 aliphatic heterocycles. The van der Waals surface area contributed by atoms with E-state index in [-0.39, 0.29) is 12.5 Å². The molecule has 0 spiro atoms. The summed E-state index contributed by atoms with van der Waals surface area (Å²) < 4.78 is 5.03. The number of esters is 1. The largest absolute Gasteiger partial charge is 0.451 e. The van der Waals surface area contributed by atoms with Gasteiger partial charge in [0.2, 0.25) is 0 Å². The Morgan fingerprint density at radius 2 is 1.76 bits per heavy atom. The van der Waals surface area contributed by atoms with Crippen LogP contribution in [0.25, 0.3) is 0 Å².